The summed E-state index contributed by atoms with van der Waals surface area (Å²) in [6.07, 6.45) is 1.19. The van der Waals surface area contributed by atoms with Crippen LogP contribution in [0.4, 0.5) is 0 Å². The van der Waals surface area contributed by atoms with E-state index in [0.29, 0.717) is 19.4 Å². The summed E-state index contributed by atoms with van der Waals surface area (Å²) in [6, 6.07) is 7.85. The Morgan fingerprint density at radius 3 is 2.39 bits per heavy atom. The number of carbonyl (C=O) groups is 2. The molecule has 0 aliphatic heterocycles. The lowest BCUT2D eigenvalue weighted by molar-refractivity contribution is -0.151. The normalized spacial score (nSPS) is 11.9. The van der Waals surface area contributed by atoms with E-state index in [1.807, 2.05) is 24.3 Å². The van der Waals surface area contributed by atoms with Gasteiger partial charge in [0.05, 0.1) is 6.61 Å². The Balaban J connectivity index is 2.59. The minimum atomic E-state index is -0.645. The standard InChI is InChI=1S/C14H17BrO3/c1-3-18-14(17)13(10(2)16)9-6-11-4-7-12(15)8-5-11/h4-5,7-8,13H,3,6,9H2,1-2H3. The van der Waals surface area contributed by atoms with Crippen molar-refractivity contribution >= 4 is 27.7 Å². The van der Waals surface area contributed by atoms with Crippen molar-refractivity contribution in [2.45, 2.75) is 26.7 Å². The van der Waals surface area contributed by atoms with Crippen LogP contribution in [0.3, 0.4) is 0 Å². The maximum Gasteiger partial charge on any atom is 0.316 e. The summed E-state index contributed by atoms with van der Waals surface area (Å²) in [6.45, 7) is 3.48. The molecule has 0 saturated carbocycles. The minimum Gasteiger partial charge on any atom is -0.465 e. The average molecular weight is 313 g/mol. The van der Waals surface area contributed by atoms with Crippen molar-refractivity contribution in [2.75, 3.05) is 6.61 Å². The molecule has 0 N–H and O–H groups in total. The molecule has 3 nitrogen and oxygen atoms in total. The lowest BCUT2D eigenvalue weighted by Gasteiger charge is -2.12. The van der Waals surface area contributed by atoms with Gasteiger partial charge in [-0.05, 0) is 44.4 Å². The number of ether oxygens (including phenoxy) is 1. The number of Topliss-reactive ketones (excluding diaryl/α,β-unsaturated/α-hetero) is 1. The van der Waals surface area contributed by atoms with Crippen LogP contribution >= 0.6 is 15.9 Å². The molecule has 1 unspecified atom stereocenters. The number of benzene rings is 1. The number of halogens is 1. The summed E-state index contributed by atoms with van der Waals surface area (Å²) in [5, 5.41) is 0. The van der Waals surface area contributed by atoms with Gasteiger partial charge in [-0.3, -0.25) is 9.59 Å². The Bertz CT molecular complexity index is 412. The van der Waals surface area contributed by atoms with Crippen LogP contribution in [0.1, 0.15) is 25.8 Å². The molecule has 0 radical (unpaired) electrons. The third-order valence-corrected chi connectivity index (χ3v) is 3.23. The molecule has 4 heteroatoms. The summed E-state index contributed by atoms with van der Waals surface area (Å²) in [7, 11) is 0. The van der Waals surface area contributed by atoms with Crippen molar-refractivity contribution in [3.05, 3.63) is 34.3 Å². The number of carbonyl (C=O) groups excluding carboxylic acids is 2. The van der Waals surface area contributed by atoms with Crippen molar-refractivity contribution in [1.82, 2.24) is 0 Å². The Labute approximate surface area is 116 Å². The monoisotopic (exact) mass is 312 g/mol. The molecule has 0 spiro atoms. The summed E-state index contributed by atoms with van der Waals surface area (Å²) < 4.78 is 5.92. The molecule has 98 valence electrons. The maximum atomic E-state index is 11.6. The van der Waals surface area contributed by atoms with Gasteiger partial charge in [0.15, 0.2) is 0 Å². The van der Waals surface area contributed by atoms with Gasteiger partial charge in [-0.1, -0.05) is 28.1 Å². The summed E-state index contributed by atoms with van der Waals surface area (Å²) >= 11 is 3.36. The number of ketones is 1. The van der Waals surface area contributed by atoms with Crippen LogP contribution in [0.2, 0.25) is 0 Å². The first-order valence-corrected chi connectivity index (χ1v) is 6.75. The van der Waals surface area contributed by atoms with Crippen LogP contribution < -0.4 is 0 Å². The Morgan fingerprint density at radius 2 is 1.89 bits per heavy atom. The van der Waals surface area contributed by atoms with E-state index < -0.39 is 11.9 Å². The highest BCUT2D eigenvalue weighted by atomic mass is 79.9. The van der Waals surface area contributed by atoms with Crippen LogP contribution in [0.5, 0.6) is 0 Å². The first-order valence-electron chi connectivity index (χ1n) is 5.96. The zero-order chi connectivity index (χ0) is 13.5. The molecule has 0 heterocycles. The molecule has 1 rings (SSSR count). The van der Waals surface area contributed by atoms with E-state index in [1.165, 1.54) is 6.92 Å². The van der Waals surface area contributed by atoms with Crippen LogP contribution in [0, 0.1) is 5.92 Å². The maximum absolute atomic E-state index is 11.6. The van der Waals surface area contributed by atoms with Crippen LogP contribution in [-0.4, -0.2) is 18.4 Å². The van der Waals surface area contributed by atoms with E-state index in [2.05, 4.69) is 15.9 Å². The van der Waals surface area contributed by atoms with E-state index >= 15 is 0 Å². The van der Waals surface area contributed by atoms with Crippen molar-refractivity contribution in [3.8, 4) is 0 Å². The quantitative estimate of drug-likeness (QED) is 0.598. The first kappa shape index (κ1) is 14.9. The topological polar surface area (TPSA) is 43.4 Å². The third kappa shape index (κ3) is 4.61. The van der Waals surface area contributed by atoms with Gasteiger partial charge in [-0.2, -0.15) is 0 Å². The van der Waals surface area contributed by atoms with Gasteiger partial charge in [-0.15, -0.1) is 0 Å². The summed E-state index contributed by atoms with van der Waals surface area (Å²) in [5.74, 6) is -1.19. The zero-order valence-electron chi connectivity index (χ0n) is 10.6. The van der Waals surface area contributed by atoms with E-state index in [-0.39, 0.29) is 5.78 Å². The number of aryl methyl sites for hydroxylation is 1. The molecular formula is C14H17BrO3. The van der Waals surface area contributed by atoms with Gasteiger partial charge in [0.1, 0.15) is 11.7 Å². The van der Waals surface area contributed by atoms with Crippen LogP contribution in [0.15, 0.2) is 28.7 Å². The van der Waals surface area contributed by atoms with Gasteiger partial charge < -0.3 is 4.74 Å². The van der Waals surface area contributed by atoms with Crippen LogP contribution in [0.25, 0.3) is 0 Å². The molecule has 0 saturated heterocycles. The largest absolute Gasteiger partial charge is 0.465 e. The highest BCUT2D eigenvalue weighted by Crippen LogP contribution is 2.15. The van der Waals surface area contributed by atoms with Crippen molar-refractivity contribution in [2.24, 2.45) is 5.92 Å². The highest BCUT2D eigenvalue weighted by Gasteiger charge is 2.24. The molecule has 0 aliphatic rings. The second-order valence-corrected chi connectivity index (χ2v) is 5.00. The fraction of sp³-hybridized carbons (Fsp3) is 0.429. The fourth-order valence-electron chi connectivity index (χ4n) is 1.69. The molecule has 18 heavy (non-hydrogen) atoms. The first-order chi connectivity index (χ1) is 8.54. The van der Waals surface area contributed by atoms with Gasteiger partial charge in [0.25, 0.3) is 0 Å². The average Bonchev–Trinajstić information content (AvgIpc) is 2.31. The number of rotatable bonds is 6. The van der Waals surface area contributed by atoms with Crippen molar-refractivity contribution < 1.29 is 14.3 Å². The lowest BCUT2D eigenvalue weighted by atomic mass is 9.96. The van der Waals surface area contributed by atoms with Gasteiger partial charge >= 0.3 is 5.97 Å². The third-order valence-electron chi connectivity index (χ3n) is 2.70. The summed E-state index contributed by atoms with van der Waals surface area (Å²) in [5.41, 5.74) is 1.11. The van der Waals surface area contributed by atoms with E-state index in [4.69, 9.17) is 4.74 Å². The Kier molecular flexibility index (Phi) is 6.05. The van der Waals surface area contributed by atoms with Gasteiger partial charge in [0, 0.05) is 4.47 Å². The zero-order valence-corrected chi connectivity index (χ0v) is 12.2. The van der Waals surface area contributed by atoms with Crippen LogP contribution in [-0.2, 0) is 20.7 Å². The molecule has 0 fully saturated rings. The Morgan fingerprint density at radius 1 is 1.28 bits per heavy atom. The molecule has 1 atom stereocenters. The molecule has 0 amide bonds. The predicted octanol–water partition coefficient (Wildman–Crippen LogP) is 3.15. The highest BCUT2D eigenvalue weighted by molar-refractivity contribution is 9.10. The van der Waals surface area contributed by atoms with E-state index in [9.17, 15) is 9.59 Å². The molecular weight excluding hydrogens is 296 g/mol. The van der Waals surface area contributed by atoms with Gasteiger partial charge in [-0.25, -0.2) is 0 Å². The second kappa shape index (κ2) is 7.31. The van der Waals surface area contributed by atoms with Crippen molar-refractivity contribution in [3.63, 3.8) is 0 Å². The Hall–Kier alpha value is -1.16. The number of hydrogen-bond acceptors (Lipinski definition) is 3. The molecule has 1 aromatic carbocycles. The molecule has 0 aromatic heterocycles. The predicted molar refractivity (Wildman–Crippen MR) is 73.3 cm³/mol. The second-order valence-electron chi connectivity index (χ2n) is 4.08. The van der Waals surface area contributed by atoms with E-state index in [0.717, 1.165) is 10.0 Å². The van der Waals surface area contributed by atoms with Crippen molar-refractivity contribution in [1.29, 1.82) is 0 Å². The SMILES string of the molecule is CCOC(=O)C(CCc1ccc(Br)cc1)C(C)=O. The molecule has 1 aromatic rings. The molecule has 0 aliphatic carbocycles. The number of hydrogen-bond donors (Lipinski definition) is 0. The fourth-order valence-corrected chi connectivity index (χ4v) is 1.96. The van der Waals surface area contributed by atoms with E-state index in [1.54, 1.807) is 6.92 Å². The van der Waals surface area contributed by atoms with Gasteiger partial charge in [0.2, 0.25) is 0 Å². The molecule has 0 bridgehead atoms. The lowest BCUT2D eigenvalue weighted by Crippen LogP contribution is -2.24. The summed E-state index contributed by atoms with van der Waals surface area (Å²) in [4.78, 5) is 23.0. The smallest absolute Gasteiger partial charge is 0.316 e. The minimum absolute atomic E-state index is 0.134. The number of esters is 1.